The lowest BCUT2D eigenvalue weighted by Crippen LogP contribution is -2.39. The number of fused-ring (bicyclic) bond motifs is 2. The van der Waals surface area contributed by atoms with Crippen LogP contribution in [0.4, 0.5) is 11.4 Å². The Balaban J connectivity index is 1.88. The van der Waals surface area contributed by atoms with Crippen molar-refractivity contribution in [2.45, 2.75) is 18.6 Å². The molecule has 12 nitrogen and oxygen atoms in total. The molecule has 0 saturated heterocycles. The van der Waals surface area contributed by atoms with E-state index in [1.807, 2.05) is 0 Å². The van der Waals surface area contributed by atoms with Gasteiger partial charge in [-0.25, -0.2) is 21.1 Å². The number of anilines is 2. The van der Waals surface area contributed by atoms with Crippen LogP contribution in [0.3, 0.4) is 0 Å². The Kier molecular flexibility index (Phi) is 11.6. The van der Waals surface area contributed by atoms with Crippen molar-refractivity contribution >= 4 is 43.9 Å². The number of aliphatic hydroxyl groups excluding tert-OH is 2. The summed E-state index contributed by atoms with van der Waals surface area (Å²) in [6, 6.07) is 9.46. The zero-order valence-corrected chi connectivity index (χ0v) is 24.9. The van der Waals surface area contributed by atoms with E-state index in [4.69, 9.17) is 0 Å². The Hall–Kier alpha value is -3.40. The molecular weight excluding hydrogens is 584 g/mol. The number of ketones is 2. The lowest BCUT2D eigenvalue weighted by Gasteiger charge is -2.26. The Morgan fingerprint density at radius 3 is 1.81 bits per heavy atom. The van der Waals surface area contributed by atoms with Crippen LogP contribution in [0.25, 0.3) is 0 Å². The predicted octanol–water partition coefficient (Wildman–Crippen LogP) is 0.860. The second-order valence-electron chi connectivity index (χ2n) is 9.78. The summed E-state index contributed by atoms with van der Waals surface area (Å²) in [7, 11) is -6.52. The highest BCUT2D eigenvalue weighted by molar-refractivity contribution is 7.88. The molecule has 14 heteroatoms. The Bertz CT molecular complexity index is 1520. The second-order valence-corrected chi connectivity index (χ2v) is 12.8. The third kappa shape index (κ3) is 8.12. The first-order valence-corrected chi connectivity index (χ1v) is 16.1. The van der Waals surface area contributed by atoms with E-state index >= 15 is 0 Å². The van der Waals surface area contributed by atoms with Gasteiger partial charge < -0.3 is 20.8 Å². The Morgan fingerprint density at radius 1 is 0.881 bits per heavy atom. The number of benzene rings is 2. The molecule has 4 N–H and O–H groups in total. The number of nitrogens with zero attached hydrogens (tertiary/aromatic N) is 2. The third-order valence-electron chi connectivity index (χ3n) is 6.59. The molecule has 0 heterocycles. The molecule has 2 aromatic rings. The smallest absolute Gasteiger partial charge is 0.211 e. The Labute approximate surface area is 247 Å². The van der Waals surface area contributed by atoms with Crippen LogP contribution >= 0.6 is 0 Å². The van der Waals surface area contributed by atoms with Gasteiger partial charge in [0.2, 0.25) is 20.9 Å². The average Bonchev–Trinajstić information content (AvgIpc) is 2.94. The van der Waals surface area contributed by atoms with E-state index in [0.29, 0.717) is 6.42 Å². The summed E-state index contributed by atoms with van der Waals surface area (Å²) in [5.41, 5.74) is 1.07. The number of thiol groups is 1. The zero-order chi connectivity index (χ0) is 31.0. The average molecular weight is 621 g/mol. The summed E-state index contributed by atoms with van der Waals surface area (Å²) in [4.78, 5) is 27.2. The van der Waals surface area contributed by atoms with Crippen molar-refractivity contribution in [1.29, 1.82) is 0 Å². The van der Waals surface area contributed by atoms with Crippen LogP contribution in [-0.2, 0) is 20.9 Å². The van der Waals surface area contributed by atoms with Crippen LogP contribution in [0.1, 0.15) is 38.3 Å². The SMILES string of the molecule is C=CCCN(C[C@@H](O)CNc1ccc(NC[C@@H](O)CN(CC=C)S(C)(=O)=O)c2c1C(=O)c1ccccc1C2=O)[SH](=O)=O. The fourth-order valence-electron chi connectivity index (χ4n) is 4.55. The number of hydrogen-bond donors (Lipinski definition) is 5. The fraction of sp³-hybridized carbons (Fsp3) is 0.357. The number of carbonyl (C=O) groups excluding carboxylic acids is 2. The maximum atomic E-state index is 13.6. The van der Waals surface area contributed by atoms with Gasteiger partial charge in [-0.2, -0.15) is 4.31 Å². The van der Waals surface area contributed by atoms with Crippen LogP contribution in [0.5, 0.6) is 0 Å². The summed E-state index contributed by atoms with van der Waals surface area (Å²) < 4.78 is 49.3. The van der Waals surface area contributed by atoms with Crippen LogP contribution in [0.15, 0.2) is 61.7 Å². The largest absolute Gasteiger partial charge is 0.390 e. The molecule has 0 radical (unpaired) electrons. The van der Waals surface area contributed by atoms with Gasteiger partial charge in [0.05, 0.1) is 29.6 Å². The van der Waals surface area contributed by atoms with Crippen molar-refractivity contribution in [3.63, 3.8) is 0 Å². The number of aliphatic hydroxyl groups is 2. The summed E-state index contributed by atoms with van der Waals surface area (Å²) in [6.45, 7) is 6.66. The molecule has 0 aliphatic heterocycles. The highest BCUT2D eigenvalue weighted by atomic mass is 32.2. The maximum absolute atomic E-state index is 13.6. The van der Waals surface area contributed by atoms with Gasteiger partial charge in [0.1, 0.15) is 0 Å². The van der Waals surface area contributed by atoms with E-state index in [1.165, 1.54) is 6.08 Å². The molecule has 1 aliphatic rings. The first kappa shape index (κ1) is 33.1. The number of hydrogen-bond acceptors (Lipinski definition) is 10. The third-order valence-corrected chi connectivity index (χ3v) is 8.65. The molecule has 0 amide bonds. The lowest BCUT2D eigenvalue weighted by molar-refractivity contribution is 0.0980. The highest BCUT2D eigenvalue weighted by Gasteiger charge is 2.34. The molecule has 0 aromatic heterocycles. The second kappa shape index (κ2) is 14.7. The topological polar surface area (TPSA) is 173 Å². The zero-order valence-electron chi connectivity index (χ0n) is 23.2. The van der Waals surface area contributed by atoms with E-state index in [-0.39, 0.29) is 72.9 Å². The molecule has 0 saturated carbocycles. The van der Waals surface area contributed by atoms with Crippen molar-refractivity contribution in [2.75, 3.05) is 56.2 Å². The predicted molar refractivity (Wildman–Crippen MR) is 162 cm³/mol. The minimum Gasteiger partial charge on any atom is -0.390 e. The molecule has 0 unspecified atom stereocenters. The van der Waals surface area contributed by atoms with Gasteiger partial charge in [-0.05, 0) is 18.6 Å². The van der Waals surface area contributed by atoms with E-state index in [0.717, 1.165) is 14.9 Å². The summed E-state index contributed by atoms with van der Waals surface area (Å²) in [6.07, 6.45) is 2.14. The molecule has 0 bridgehead atoms. The van der Waals surface area contributed by atoms with Crippen molar-refractivity contribution in [1.82, 2.24) is 8.61 Å². The van der Waals surface area contributed by atoms with Gasteiger partial charge in [-0.3, -0.25) is 9.59 Å². The van der Waals surface area contributed by atoms with Crippen molar-refractivity contribution in [3.8, 4) is 0 Å². The monoisotopic (exact) mass is 620 g/mol. The molecule has 228 valence electrons. The minimum absolute atomic E-state index is 0.0125. The summed E-state index contributed by atoms with van der Waals surface area (Å²) in [5, 5.41) is 27.1. The van der Waals surface area contributed by atoms with Gasteiger partial charge in [0.25, 0.3) is 0 Å². The quantitative estimate of drug-likeness (QED) is 0.108. The molecule has 3 rings (SSSR count). The standard InChI is InChI=1S/C28H36N4O8S2/c1-4-6-14-31(41(37)38)17-19(33)15-29-23-11-12-24(30-16-20(34)18-32(13-5-2)42(3,39)40)26-25(23)27(35)21-9-7-8-10-22(21)28(26)36/h4-5,7-12,19-20,29-30,33-34,41H,1-2,6,13-18H2,3H3/t19-,20+/m0/s1. The fourth-order valence-corrected chi connectivity index (χ4v) is 5.97. The normalized spacial score (nSPS) is 14.4. The minimum atomic E-state index is -3.60. The molecule has 2 aromatic carbocycles. The molecular formula is C28H36N4O8S2. The summed E-state index contributed by atoms with van der Waals surface area (Å²) >= 11 is 0. The molecule has 0 fully saturated rings. The van der Waals surface area contributed by atoms with Crippen LogP contribution in [0, 0.1) is 0 Å². The van der Waals surface area contributed by atoms with Gasteiger partial charge in [-0.15, -0.1) is 13.2 Å². The van der Waals surface area contributed by atoms with Gasteiger partial charge in [0, 0.05) is 61.8 Å². The number of nitrogens with one attached hydrogen (secondary N) is 2. The van der Waals surface area contributed by atoms with E-state index in [9.17, 15) is 36.6 Å². The molecule has 42 heavy (non-hydrogen) atoms. The molecule has 1 aliphatic carbocycles. The summed E-state index contributed by atoms with van der Waals surface area (Å²) in [5.74, 6) is -0.851. The van der Waals surface area contributed by atoms with Crippen LogP contribution in [0.2, 0.25) is 0 Å². The van der Waals surface area contributed by atoms with Crippen LogP contribution in [-0.4, -0.2) is 105 Å². The van der Waals surface area contributed by atoms with Gasteiger partial charge >= 0.3 is 0 Å². The van der Waals surface area contributed by atoms with Crippen molar-refractivity contribution in [3.05, 3.63) is 84.0 Å². The maximum Gasteiger partial charge on any atom is 0.211 e. The van der Waals surface area contributed by atoms with E-state index < -0.39 is 44.7 Å². The van der Waals surface area contributed by atoms with Gasteiger partial charge in [-0.1, -0.05) is 36.4 Å². The van der Waals surface area contributed by atoms with Crippen molar-refractivity contribution < 1.29 is 36.6 Å². The first-order chi connectivity index (χ1) is 19.9. The lowest BCUT2D eigenvalue weighted by atomic mass is 9.82. The van der Waals surface area contributed by atoms with E-state index in [1.54, 1.807) is 42.5 Å². The number of carbonyl (C=O) groups is 2. The first-order valence-electron chi connectivity index (χ1n) is 13.1. The molecule has 0 spiro atoms. The highest BCUT2D eigenvalue weighted by Crippen LogP contribution is 2.36. The molecule has 2 atom stereocenters. The number of sulfonamides is 1. The van der Waals surface area contributed by atoms with Crippen molar-refractivity contribution in [2.24, 2.45) is 0 Å². The van der Waals surface area contributed by atoms with E-state index in [2.05, 4.69) is 23.8 Å². The number of rotatable bonds is 17. The Morgan fingerprint density at radius 2 is 1.38 bits per heavy atom. The van der Waals surface area contributed by atoms with Crippen LogP contribution < -0.4 is 10.6 Å². The van der Waals surface area contributed by atoms with Gasteiger partial charge in [0.15, 0.2) is 11.6 Å².